The van der Waals surface area contributed by atoms with E-state index in [-0.39, 0.29) is 16.4 Å². The van der Waals surface area contributed by atoms with Gasteiger partial charge in [0, 0.05) is 10.9 Å². The van der Waals surface area contributed by atoms with Gasteiger partial charge in [-0.15, -0.1) is 11.3 Å². The summed E-state index contributed by atoms with van der Waals surface area (Å²) in [6.07, 6.45) is 1.59. The van der Waals surface area contributed by atoms with Gasteiger partial charge >= 0.3 is 10.1 Å². The van der Waals surface area contributed by atoms with Crippen molar-refractivity contribution in [2.24, 2.45) is 5.10 Å². The third-order valence-electron chi connectivity index (χ3n) is 4.64. The number of benzene rings is 3. The molecule has 0 bridgehead atoms. The molecule has 1 aromatic heterocycles. The fraction of sp³-hybridized carbons (Fsp3) is 0.0833. The smallest absolute Gasteiger partial charge is 0.339 e. The van der Waals surface area contributed by atoms with E-state index in [1.54, 1.807) is 30.5 Å². The maximum absolute atomic E-state index is 12.6. The minimum absolute atomic E-state index is 0.0725. The Morgan fingerprint density at radius 2 is 1.76 bits per heavy atom. The van der Waals surface area contributed by atoms with Gasteiger partial charge < -0.3 is 8.92 Å². The number of methoxy groups -OCH3 is 1. The molecule has 0 unspecified atom stereocenters. The van der Waals surface area contributed by atoms with Crippen LogP contribution in [0, 0.1) is 6.92 Å². The van der Waals surface area contributed by atoms with Crippen LogP contribution >= 0.6 is 11.3 Å². The summed E-state index contributed by atoms with van der Waals surface area (Å²) in [5.74, 6) is 0.367. The highest BCUT2D eigenvalue weighted by atomic mass is 32.2. The lowest BCUT2D eigenvalue weighted by Gasteiger charge is -2.11. The molecule has 0 spiro atoms. The van der Waals surface area contributed by atoms with Crippen molar-refractivity contribution in [3.05, 3.63) is 89.3 Å². The standard InChI is InChI=1S/C24H21N3O4S2/c1-17-8-11-20(12-9-17)33(28,29)31-22-13-10-18(14-23(22)30-2)15-25-27-24-26-21(16-32-24)19-6-4-3-5-7-19/h3-16H,1-2H3,(H,26,27)/b25-15-. The second-order valence-corrected chi connectivity index (χ2v) is 9.44. The summed E-state index contributed by atoms with van der Waals surface area (Å²) in [6.45, 7) is 1.88. The molecule has 0 aliphatic rings. The Bertz CT molecular complexity index is 1370. The molecule has 0 fully saturated rings. The van der Waals surface area contributed by atoms with Crippen LogP contribution in [-0.4, -0.2) is 26.7 Å². The summed E-state index contributed by atoms with van der Waals surface area (Å²) in [5, 5.41) is 6.82. The van der Waals surface area contributed by atoms with Crippen LogP contribution in [0.2, 0.25) is 0 Å². The van der Waals surface area contributed by atoms with Gasteiger partial charge in [-0.2, -0.15) is 13.5 Å². The predicted molar refractivity (Wildman–Crippen MR) is 131 cm³/mol. The SMILES string of the molecule is COc1cc(/C=N\Nc2nc(-c3ccccc3)cs2)ccc1OS(=O)(=O)c1ccc(C)cc1. The van der Waals surface area contributed by atoms with E-state index in [0.29, 0.717) is 10.7 Å². The number of aromatic nitrogens is 1. The van der Waals surface area contributed by atoms with Crippen molar-refractivity contribution in [1.82, 2.24) is 4.98 Å². The Labute approximate surface area is 196 Å². The summed E-state index contributed by atoms with van der Waals surface area (Å²) >= 11 is 1.45. The third-order valence-corrected chi connectivity index (χ3v) is 6.64. The average Bonchev–Trinajstić information content (AvgIpc) is 3.29. The molecule has 1 N–H and O–H groups in total. The number of nitrogens with zero attached hydrogens (tertiary/aromatic N) is 2. The molecule has 0 amide bonds. The molecular weight excluding hydrogens is 458 g/mol. The number of hydrazone groups is 1. The molecule has 0 saturated carbocycles. The first-order valence-corrected chi connectivity index (χ1v) is 12.2. The zero-order valence-corrected chi connectivity index (χ0v) is 19.6. The van der Waals surface area contributed by atoms with E-state index >= 15 is 0 Å². The van der Waals surface area contributed by atoms with Crippen molar-refractivity contribution in [3.63, 3.8) is 0 Å². The van der Waals surface area contributed by atoms with Crippen LogP contribution in [0.4, 0.5) is 5.13 Å². The first-order valence-electron chi connectivity index (χ1n) is 9.94. The van der Waals surface area contributed by atoms with Gasteiger partial charge in [0.25, 0.3) is 0 Å². The molecule has 0 aliphatic heterocycles. The minimum atomic E-state index is -3.98. The van der Waals surface area contributed by atoms with Gasteiger partial charge in [0.1, 0.15) is 4.90 Å². The van der Waals surface area contributed by atoms with Gasteiger partial charge in [-0.3, -0.25) is 5.43 Å². The number of hydrogen-bond acceptors (Lipinski definition) is 8. The van der Waals surface area contributed by atoms with Crippen molar-refractivity contribution < 1.29 is 17.3 Å². The van der Waals surface area contributed by atoms with Crippen LogP contribution in [0.1, 0.15) is 11.1 Å². The molecule has 3 aromatic carbocycles. The number of aryl methyl sites for hydroxylation is 1. The van der Waals surface area contributed by atoms with Crippen molar-refractivity contribution in [1.29, 1.82) is 0 Å². The van der Waals surface area contributed by atoms with Crippen molar-refractivity contribution in [2.45, 2.75) is 11.8 Å². The van der Waals surface area contributed by atoms with Crippen LogP contribution < -0.4 is 14.3 Å². The molecular formula is C24H21N3O4S2. The summed E-state index contributed by atoms with van der Waals surface area (Å²) in [6, 6.07) is 21.2. The first-order chi connectivity index (χ1) is 15.9. The molecule has 0 atom stereocenters. The second kappa shape index (κ2) is 9.85. The van der Waals surface area contributed by atoms with Gasteiger partial charge in [0.05, 0.1) is 19.0 Å². The topological polar surface area (TPSA) is 89.9 Å². The fourth-order valence-corrected chi connectivity index (χ4v) is 4.54. The Balaban J connectivity index is 1.45. The zero-order chi connectivity index (χ0) is 23.3. The average molecular weight is 480 g/mol. The number of rotatable bonds is 8. The van der Waals surface area contributed by atoms with E-state index in [2.05, 4.69) is 15.5 Å². The molecule has 33 heavy (non-hydrogen) atoms. The molecule has 4 aromatic rings. The first kappa shape index (κ1) is 22.5. The summed E-state index contributed by atoms with van der Waals surface area (Å²) in [7, 11) is -2.54. The van der Waals surface area contributed by atoms with E-state index in [1.165, 1.54) is 36.6 Å². The van der Waals surface area contributed by atoms with Crippen LogP contribution in [-0.2, 0) is 10.1 Å². The van der Waals surface area contributed by atoms with Gasteiger partial charge in [0.2, 0.25) is 5.13 Å². The Kier molecular flexibility index (Phi) is 6.71. The number of nitrogens with one attached hydrogen (secondary N) is 1. The van der Waals surface area contributed by atoms with Gasteiger partial charge in [-0.25, -0.2) is 4.98 Å². The predicted octanol–water partition coefficient (Wildman–Crippen LogP) is 5.34. The van der Waals surface area contributed by atoms with E-state index < -0.39 is 10.1 Å². The highest BCUT2D eigenvalue weighted by molar-refractivity contribution is 7.87. The number of anilines is 1. The maximum atomic E-state index is 12.6. The lowest BCUT2D eigenvalue weighted by atomic mass is 10.2. The van der Waals surface area contributed by atoms with E-state index in [9.17, 15) is 8.42 Å². The van der Waals surface area contributed by atoms with Crippen LogP contribution in [0.5, 0.6) is 11.5 Å². The molecule has 7 nitrogen and oxygen atoms in total. The maximum Gasteiger partial charge on any atom is 0.339 e. The molecule has 9 heteroatoms. The molecule has 4 rings (SSSR count). The van der Waals surface area contributed by atoms with Gasteiger partial charge in [-0.05, 0) is 42.8 Å². The molecule has 0 aliphatic carbocycles. The van der Waals surface area contributed by atoms with Crippen molar-refractivity contribution >= 4 is 32.8 Å². The molecule has 168 valence electrons. The minimum Gasteiger partial charge on any atom is -0.493 e. The second-order valence-electron chi connectivity index (χ2n) is 7.03. The highest BCUT2D eigenvalue weighted by Crippen LogP contribution is 2.30. The zero-order valence-electron chi connectivity index (χ0n) is 17.9. The van der Waals surface area contributed by atoms with Crippen LogP contribution in [0.15, 0.2) is 88.2 Å². The molecule has 0 saturated heterocycles. The van der Waals surface area contributed by atoms with Crippen molar-refractivity contribution in [3.8, 4) is 22.8 Å². The van der Waals surface area contributed by atoms with E-state index in [1.807, 2.05) is 42.6 Å². The highest BCUT2D eigenvalue weighted by Gasteiger charge is 2.19. The Morgan fingerprint density at radius 1 is 1.00 bits per heavy atom. The molecule has 0 radical (unpaired) electrons. The third kappa shape index (κ3) is 5.57. The van der Waals surface area contributed by atoms with Gasteiger partial charge in [0.15, 0.2) is 11.5 Å². The lowest BCUT2D eigenvalue weighted by molar-refractivity contribution is 0.390. The van der Waals surface area contributed by atoms with E-state index in [0.717, 1.165) is 16.8 Å². The largest absolute Gasteiger partial charge is 0.493 e. The monoisotopic (exact) mass is 479 g/mol. The lowest BCUT2D eigenvalue weighted by Crippen LogP contribution is -2.10. The van der Waals surface area contributed by atoms with Gasteiger partial charge in [-0.1, -0.05) is 48.0 Å². The normalized spacial score (nSPS) is 11.5. The summed E-state index contributed by atoms with van der Waals surface area (Å²) in [5.41, 5.74) is 6.46. The van der Waals surface area contributed by atoms with Crippen LogP contribution in [0.3, 0.4) is 0 Å². The number of ether oxygens (including phenoxy) is 1. The quantitative estimate of drug-likeness (QED) is 0.208. The Hall–Kier alpha value is -3.69. The van der Waals surface area contributed by atoms with Crippen molar-refractivity contribution in [2.75, 3.05) is 12.5 Å². The number of thiazole rings is 1. The number of hydrogen-bond donors (Lipinski definition) is 1. The summed E-state index contributed by atoms with van der Waals surface area (Å²) < 4.78 is 35.8. The fourth-order valence-electron chi connectivity index (χ4n) is 2.93. The van der Waals surface area contributed by atoms with E-state index in [4.69, 9.17) is 8.92 Å². The Morgan fingerprint density at radius 3 is 2.48 bits per heavy atom. The molecule has 1 heterocycles. The van der Waals surface area contributed by atoms with Crippen LogP contribution in [0.25, 0.3) is 11.3 Å². The summed E-state index contributed by atoms with van der Waals surface area (Å²) in [4.78, 5) is 4.59.